The summed E-state index contributed by atoms with van der Waals surface area (Å²) in [4.78, 5) is 19.6. The van der Waals surface area contributed by atoms with Crippen LogP contribution < -0.4 is 10.2 Å². The third-order valence-corrected chi connectivity index (χ3v) is 5.01. The number of para-hydroxylation sites is 1. The van der Waals surface area contributed by atoms with Gasteiger partial charge < -0.3 is 15.3 Å². The van der Waals surface area contributed by atoms with Crippen LogP contribution in [0.3, 0.4) is 0 Å². The van der Waals surface area contributed by atoms with E-state index in [0.29, 0.717) is 24.2 Å². The minimum Gasteiger partial charge on any atom is -0.395 e. The van der Waals surface area contributed by atoms with Gasteiger partial charge in [-0.05, 0) is 44.2 Å². The first-order valence-corrected chi connectivity index (χ1v) is 8.84. The largest absolute Gasteiger partial charge is 0.395 e. The molecule has 1 aromatic carbocycles. The number of anilines is 1. The predicted molar refractivity (Wildman–Crippen MR) is 94.3 cm³/mol. The molecule has 0 atom stereocenters. The number of fused-ring (bicyclic) bond motifs is 1. The van der Waals surface area contributed by atoms with Crippen LogP contribution in [0, 0.1) is 0 Å². The standard InChI is InChI=1S/C19H23N3O2/c23-11-10-22(14-4-3-5-14)18-12-16(19(24)20-13-8-9-13)15-6-1-2-7-17(15)21-18/h1-2,6-7,12-14,23H,3-5,8-11H2,(H,20,24). The Morgan fingerprint density at radius 1 is 1.25 bits per heavy atom. The summed E-state index contributed by atoms with van der Waals surface area (Å²) in [6.45, 7) is 0.647. The second-order valence-electron chi connectivity index (χ2n) is 6.79. The third kappa shape index (κ3) is 2.96. The fourth-order valence-corrected chi connectivity index (χ4v) is 3.28. The fraction of sp³-hybridized carbons (Fsp3) is 0.474. The first-order chi connectivity index (χ1) is 11.8. The van der Waals surface area contributed by atoms with Crippen molar-refractivity contribution in [2.75, 3.05) is 18.1 Å². The average molecular weight is 325 g/mol. The average Bonchev–Trinajstić information content (AvgIpc) is 3.35. The van der Waals surface area contributed by atoms with Crippen LogP contribution in [-0.4, -0.2) is 41.2 Å². The maximum Gasteiger partial charge on any atom is 0.252 e. The molecule has 2 aliphatic rings. The molecule has 1 aromatic heterocycles. The Kier molecular flexibility index (Phi) is 4.10. The minimum atomic E-state index is -0.0186. The van der Waals surface area contributed by atoms with E-state index in [-0.39, 0.29) is 12.5 Å². The molecule has 0 bridgehead atoms. The van der Waals surface area contributed by atoms with E-state index in [2.05, 4.69) is 10.2 Å². The number of nitrogens with one attached hydrogen (secondary N) is 1. The molecule has 1 amide bonds. The summed E-state index contributed by atoms with van der Waals surface area (Å²) >= 11 is 0. The lowest BCUT2D eigenvalue weighted by molar-refractivity contribution is 0.0952. The van der Waals surface area contributed by atoms with Gasteiger partial charge in [-0.1, -0.05) is 18.2 Å². The van der Waals surface area contributed by atoms with Gasteiger partial charge >= 0.3 is 0 Å². The van der Waals surface area contributed by atoms with Crippen molar-refractivity contribution in [1.29, 1.82) is 0 Å². The highest BCUT2D eigenvalue weighted by Gasteiger charge is 2.28. The molecule has 0 aliphatic heterocycles. The Balaban J connectivity index is 1.75. The summed E-state index contributed by atoms with van der Waals surface area (Å²) in [7, 11) is 0. The van der Waals surface area contributed by atoms with E-state index in [4.69, 9.17) is 4.98 Å². The molecule has 5 nitrogen and oxygen atoms in total. The second kappa shape index (κ2) is 6.40. The first kappa shape index (κ1) is 15.4. The molecular weight excluding hydrogens is 302 g/mol. The van der Waals surface area contributed by atoms with Gasteiger partial charge in [-0.25, -0.2) is 4.98 Å². The van der Waals surface area contributed by atoms with Gasteiger partial charge in [0.2, 0.25) is 0 Å². The summed E-state index contributed by atoms with van der Waals surface area (Å²) in [5, 5.41) is 13.4. The van der Waals surface area contributed by atoms with E-state index in [1.165, 1.54) is 6.42 Å². The molecule has 1 heterocycles. The van der Waals surface area contributed by atoms with Crippen molar-refractivity contribution in [3.63, 3.8) is 0 Å². The Hall–Kier alpha value is -2.14. The monoisotopic (exact) mass is 325 g/mol. The molecule has 4 rings (SSSR count). The molecule has 5 heteroatoms. The van der Waals surface area contributed by atoms with Crippen LogP contribution in [0.2, 0.25) is 0 Å². The van der Waals surface area contributed by atoms with Crippen molar-refractivity contribution < 1.29 is 9.90 Å². The quantitative estimate of drug-likeness (QED) is 0.856. The normalized spacial score (nSPS) is 17.5. The molecule has 0 radical (unpaired) electrons. The number of benzene rings is 1. The van der Waals surface area contributed by atoms with E-state index in [1.807, 2.05) is 30.3 Å². The number of carbonyl (C=O) groups is 1. The molecule has 24 heavy (non-hydrogen) atoms. The molecule has 126 valence electrons. The van der Waals surface area contributed by atoms with E-state index < -0.39 is 0 Å². The highest BCUT2D eigenvalue weighted by atomic mass is 16.3. The number of nitrogens with zero attached hydrogens (tertiary/aromatic N) is 2. The van der Waals surface area contributed by atoms with Gasteiger partial charge in [0.25, 0.3) is 5.91 Å². The number of aromatic nitrogens is 1. The Morgan fingerprint density at radius 2 is 2.04 bits per heavy atom. The molecular formula is C19H23N3O2. The van der Waals surface area contributed by atoms with Crippen molar-refractivity contribution in [1.82, 2.24) is 10.3 Å². The van der Waals surface area contributed by atoms with Gasteiger partial charge in [-0.2, -0.15) is 0 Å². The Bertz CT molecular complexity index is 753. The highest BCUT2D eigenvalue weighted by Crippen LogP contribution is 2.31. The number of pyridine rings is 1. The lowest BCUT2D eigenvalue weighted by atomic mass is 9.91. The molecule has 0 saturated heterocycles. The first-order valence-electron chi connectivity index (χ1n) is 8.84. The zero-order chi connectivity index (χ0) is 16.5. The Labute approximate surface area is 141 Å². The number of aliphatic hydroxyl groups excluding tert-OH is 1. The number of rotatable bonds is 6. The maximum absolute atomic E-state index is 12.7. The van der Waals surface area contributed by atoms with Gasteiger partial charge in [0.15, 0.2) is 0 Å². The van der Waals surface area contributed by atoms with Crippen molar-refractivity contribution in [3.05, 3.63) is 35.9 Å². The maximum atomic E-state index is 12.7. The topological polar surface area (TPSA) is 65.5 Å². The van der Waals surface area contributed by atoms with Crippen LogP contribution >= 0.6 is 0 Å². The molecule has 2 N–H and O–H groups in total. The number of hydrogen-bond donors (Lipinski definition) is 2. The van der Waals surface area contributed by atoms with Crippen molar-refractivity contribution in [2.45, 2.75) is 44.2 Å². The van der Waals surface area contributed by atoms with Crippen LogP contribution in [0.25, 0.3) is 10.9 Å². The summed E-state index contributed by atoms with van der Waals surface area (Å²) in [5.41, 5.74) is 1.52. The van der Waals surface area contributed by atoms with Crippen molar-refractivity contribution >= 4 is 22.6 Å². The highest BCUT2D eigenvalue weighted by molar-refractivity contribution is 6.07. The molecule has 0 spiro atoms. The summed E-state index contributed by atoms with van der Waals surface area (Å²) < 4.78 is 0. The fourth-order valence-electron chi connectivity index (χ4n) is 3.28. The van der Waals surface area contributed by atoms with E-state index in [9.17, 15) is 9.90 Å². The van der Waals surface area contributed by atoms with Crippen LogP contribution in [0.5, 0.6) is 0 Å². The SMILES string of the molecule is O=C(NC1CC1)c1cc(N(CCO)C2CCC2)nc2ccccc12. The third-order valence-electron chi connectivity index (χ3n) is 5.01. The van der Waals surface area contributed by atoms with E-state index in [0.717, 1.165) is 42.4 Å². The molecule has 0 unspecified atom stereocenters. The number of aliphatic hydroxyl groups is 1. The van der Waals surface area contributed by atoms with Crippen LogP contribution in [-0.2, 0) is 0 Å². The number of carbonyl (C=O) groups excluding carboxylic acids is 1. The van der Waals surface area contributed by atoms with Gasteiger partial charge in [0.1, 0.15) is 5.82 Å². The lowest BCUT2D eigenvalue weighted by Crippen LogP contribution is -2.42. The smallest absolute Gasteiger partial charge is 0.252 e. The molecule has 2 aliphatic carbocycles. The predicted octanol–water partition coefficient (Wildman–Crippen LogP) is 2.48. The lowest BCUT2D eigenvalue weighted by Gasteiger charge is -2.38. The van der Waals surface area contributed by atoms with Crippen molar-refractivity contribution in [3.8, 4) is 0 Å². The van der Waals surface area contributed by atoms with Crippen LogP contribution in [0.15, 0.2) is 30.3 Å². The summed E-state index contributed by atoms with van der Waals surface area (Å²) in [6, 6.07) is 10.4. The van der Waals surface area contributed by atoms with E-state index >= 15 is 0 Å². The van der Waals surface area contributed by atoms with Gasteiger partial charge in [-0.3, -0.25) is 4.79 Å². The van der Waals surface area contributed by atoms with Gasteiger partial charge in [0, 0.05) is 24.0 Å². The van der Waals surface area contributed by atoms with E-state index in [1.54, 1.807) is 0 Å². The number of amides is 1. The van der Waals surface area contributed by atoms with Crippen molar-refractivity contribution in [2.24, 2.45) is 0 Å². The molecule has 2 saturated carbocycles. The number of hydrogen-bond acceptors (Lipinski definition) is 4. The molecule has 2 fully saturated rings. The zero-order valence-electron chi connectivity index (χ0n) is 13.7. The summed E-state index contributed by atoms with van der Waals surface area (Å²) in [5.74, 6) is 0.781. The van der Waals surface area contributed by atoms with Gasteiger partial charge in [0.05, 0.1) is 17.7 Å². The molecule has 2 aromatic rings. The van der Waals surface area contributed by atoms with Gasteiger partial charge in [-0.15, -0.1) is 0 Å². The summed E-state index contributed by atoms with van der Waals surface area (Å²) in [6.07, 6.45) is 5.60. The second-order valence-corrected chi connectivity index (χ2v) is 6.79. The zero-order valence-corrected chi connectivity index (χ0v) is 13.7. The minimum absolute atomic E-state index is 0.0186. The Morgan fingerprint density at radius 3 is 2.71 bits per heavy atom. The van der Waals surface area contributed by atoms with Crippen LogP contribution in [0.1, 0.15) is 42.5 Å². The van der Waals surface area contributed by atoms with Crippen LogP contribution in [0.4, 0.5) is 5.82 Å².